The van der Waals surface area contributed by atoms with Crippen LogP contribution in [0.2, 0.25) is 0 Å². The van der Waals surface area contributed by atoms with Gasteiger partial charge in [-0.2, -0.15) is 0 Å². The lowest BCUT2D eigenvalue weighted by Gasteiger charge is -2.21. The average molecular weight is 474 g/mol. The van der Waals surface area contributed by atoms with Gasteiger partial charge in [0.05, 0.1) is 7.11 Å². The number of para-hydroxylation sites is 1. The molecule has 0 bridgehead atoms. The van der Waals surface area contributed by atoms with Crippen molar-refractivity contribution in [3.05, 3.63) is 83.2 Å². The Bertz CT molecular complexity index is 1180. The molecular weight excluding hydrogens is 442 g/mol. The van der Waals surface area contributed by atoms with Gasteiger partial charge in [-0.05, 0) is 55.9 Å². The number of nitrogens with one attached hydrogen (secondary N) is 1. The summed E-state index contributed by atoms with van der Waals surface area (Å²) in [6.45, 7) is 1.42. The molecule has 0 saturated carbocycles. The number of carbonyl (C=O) groups is 2. The monoisotopic (exact) mass is 473 g/mol. The minimum absolute atomic E-state index is 0.0401. The highest BCUT2D eigenvalue weighted by molar-refractivity contribution is 5.94. The number of nitrogens with zero attached hydrogens (tertiary/aromatic N) is 4. The number of likely N-dealkylation sites (tertiary alicyclic amines) is 1. The van der Waals surface area contributed by atoms with Crippen LogP contribution in [0.4, 0.5) is 0 Å². The second-order valence-corrected chi connectivity index (χ2v) is 8.79. The largest absolute Gasteiger partial charge is 0.496 e. The van der Waals surface area contributed by atoms with Gasteiger partial charge in [-0.3, -0.25) is 14.6 Å². The SMILES string of the molecule is CNC(=O)c1cc(CC2CCCN(C(=O)c3ccnc(Cc4ccccc4OC)c3)CC2)ncn1. The summed E-state index contributed by atoms with van der Waals surface area (Å²) in [5, 5.41) is 2.59. The standard InChI is InChI=1S/C27H31N5O3/c1-28-26(33)24-17-22(30-18-31-24)14-19-6-5-12-32(13-10-19)27(34)21-9-11-29-23(16-21)15-20-7-3-4-8-25(20)35-2/h3-4,7-9,11,16-19H,5-6,10,12-15H2,1-2H3,(H,28,33). The Morgan fingerprint density at radius 3 is 2.74 bits per heavy atom. The van der Waals surface area contributed by atoms with Crippen LogP contribution in [0.15, 0.2) is 55.0 Å². The van der Waals surface area contributed by atoms with E-state index in [-0.39, 0.29) is 11.8 Å². The normalized spacial score (nSPS) is 15.8. The lowest BCUT2D eigenvalue weighted by Crippen LogP contribution is -2.32. The van der Waals surface area contributed by atoms with E-state index in [0.717, 1.165) is 54.9 Å². The van der Waals surface area contributed by atoms with E-state index in [1.54, 1.807) is 32.5 Å². The zero-order valence-electron chi connectivity index (χ0n) is 20.2. The molecule has 8 nitrogen and oxygen atoms in total. The molecule has 1 fully saturated rings. The number of hydrogen-bond acceptors (Lipinski definition) is 6. The Balaban J connectivity index is 1.39. The van der Waals surface area contributed by atoms with Crippen LogP contribution in [0.1, 0.15) is 57.1 Å². The molecule has 0 spiro atoms. The van der Waals surface area contributed by atoms with E-state index in [4.69, 9.17) is 4.74 Å². The van der Waals surface area contributed by atoms with Gasteiger partial charge in [0.15, 0.2) is 0 Å². The Hall–Kier alpha value is -3.81. The predicted molar refractivity (Wildman–Crippen MR) is 132 cm³/mol. The number of methoxy groups -OCH3 is 1. The molecule has 1 aliphatic rings. The van der Waals surface area contributed by atoms with E-state index in [1.807, 2.05) is 35.2 Å². The molecule has 3 heterocycles. The summed E-state index contributed by atoms with van der Waals surface area (Å²) in [5.41, 5.74) is 3.77. The van der Waals surface area contributed by atoms with Crippen LogP contribution in [0.5, 0.6) is 5.75 Å². The molecule has 1 N–H and O–H groups in total. The summed E-state index contributed by atoms with van der Waals surface area (Å²) in [7, 11) is 3.25. The second kappa shape index (κ2) is 11.6. The fraction of sp³-hybridized carbons (Fsp3) is 0.370. The van der Waals surface area contributed by atoms with Gasteiger partial charge in [0, 0.05) is 55.3 Å². The van der Waals surface area contributed by atoms with E-state index >= 15 is 0 Å². The Kier molecular flexibility index (Phi) is 8.03. The van der Waals surface area contributed by atoms with Crippen LogP contribution in [0.25, 0.3) is 0 Å². The van der Waals surface area contributed by atoms with E-state index in [1.165, 1.54) is 6.33 Å². The minimum atomic E-state index is -0.214. The number of carbonyl (C=O) groups excluding carboxylic acids is 2. The number of aromatic nitrogens is 3. The van der Waals surface area contributed by atoms with E-state index in [0.29, 0.717) is 30.1 Å². The molecule has 1 saturated heterocycles. The lowest BCUT2D eigenvalue weighted by molar-refractivity contribution is 0.0759. The maximum atomic E-state index is 13.3. The number of rotatable bonds is 7. The Labute approximate surface area is 205 Å². The van der Waals surface area contributed by atoms with Gasteiger partial charge >= 0.3 is 0 Å². The zero-order valence-corrected chi connectivity index (χ0v) is 20.2. The second-order valence-electron chi connectivity index (χ2n) is 8.79. The number of amides is 2. The zero-order chi connectivity index (χ0) is 24.6. The molecule has 182 valence electrons. The van der Waals surface area contributed by atoms with Crippen LogP contribution in [0, 0.1) is 5.92 Å². The van der Waals surface area contributed by atoms with Gasteiger partial charge in [-0.15, -0.1) is 0 Å². The van der Waals surface area contributed by atoms with Crippen molar-refractivity contribution in [1.29, 1.82) is 0 Å². The Morgan fingerprint density at radius 1 is 1.06 bits per heavy atom. The smallest absolute Gasteiger partial charge is 0.269 e. The lowest BCUT2D eigenvalue weighted by atomic mass is 9.95. The van der Waals surface area contributed by atoms with Crippen LogP contribution in [-0.4, -0.2) is 58.9 Å². The molecule has 0 aliphatic carbocycles. The fourth-order valence-corrected chi connectivity index (χ4v) is 4.56. The number of hydrogen-bond donors (Lipinski definition) is 1. The van der Waals surface area contributed by atoms with Crippen molar-refractivity contribution >= 4 is 11.8 Å². The summed E-state index contributed by atoms with van der Waals surface area (Å²) < 4.78 is 5.45. The molecule has 1 unspecified atom stereocenters. The van der Waals surface area contributed by atoms with Gasteiger partial charge in [0.2, 0.25) is 0 Å². The van der Waals surface area contributed by atoms with Crippen LogP contribution < -0.4 is 10.1 Å². The fourth-order valence-electron chi connectivity index (χ4n) is 4.56. The highest BCUT2D eigenvalue weighted by atomic mass is 16.5. The molecule has 2 amide bonds. The topological polar surface area (TPSA) is 97.3 Å². The molecule has 3 aromatic rings. The van der Waals surface area contributed by atoms with Crippen molar-refractivity contribution < 1.29 is 14.3 Å². The van der Waals surface area contributed by atoms with E-state index in [2.05, 4.69) is 20.3 Å². The first-order chi connectivity index (χ1) is 17.1. The van der Waals surface area contributed by atoms with E-state index in [9.17, 15) is 9.59 Å². The minimum Gasteiger partial charge on any atom is -0.496 e. The molecular formula is C27H31N5O3. The highest BCUT2D eigenvalue weighted by Crippen LogP contribution is 2.24. The first-order valence-electron chi connectivity index (χ1n) is 12.0. The molecule has 35 heavy (non-hydrogen) atoms. The first kappa shape index (κ1) is 24.3. The van der Waals surface area contributed by atoms with Gasteiger partial charge < -0.3 is 15.0 Å². The van der Waals surface area contributed by atoms with Crippen molar-refractivity contribution in [3.63, 3.8) is 0 Å². The number of pyridine rings is 1. The maximum Gasteiger partial charge on any atom is 0.269 e. The summed E-state index contributed by atoms with van der Waals surface area (Å²) in [6, 6.07) is 13.3. The predicted octanol–water partition coefficient (Wildman–Crippen LogP) is 3.32. The summed E-state index contributed by atoms with van der Waals surface area (Å²) in [6.07, 6.45) is 7.36. The number of benzene rings is 1. The van der Waals surface area contributed by atoms with Crippen molar-refractivity contribution in [2.24, 2.45) is 5.92 Å². The highest BCUT2D eigenvalue weighted by Gasteiger charge is 2.23. The van der Waals surface area contributed by atoms with Gasteiger partial charge in [0.25, 0.3) is 11.8 Å². The molecule has 1 atom stereocenters. The number of ether oxygens (including phenoxy) is 1. The van der Waals surface area contributed by atoms with Crippen LogP contribution in [0.3, 0.4) is 0 Å². The van der Waals surface area contributed by atoms with Gasteiger partial charge in [0.1, 0.15) is 17.8 Å². The molecule has 2 aromatic heterocycles. The molecule has 1 aromatic carbocycles. The Morgan fingerprint density at radius 2 is 1.91 bits per heavy atom. The van der Waals surface area contributed by atoms with Crippen molar-refractivity contribution in [3.8, 4) is 5.75 Å². The van der Waals surface area contributed by atoms with Gasteiger partial charge in [-0.25, -0.2) is 9.97 Å². The molecule has 1 aliphatic heterocycles. The third-order valence-corrected chi connectivity index (χ3v) is 6.44. The van der Waals surface area contributed by atoms with Gasteiger partial charge in [-0.1, -0.05) is 18.2 Å². The average Bonchev–Trinajstić information content (AvgIpc) is 3.14. The molecule has 4 rings (SSSR count). The van der Waals surface area contributed by atoms with Crippen molar-refractivity contribution in [2.45, 2.75) is 32.1 Å². The van der Waals surface area contributed by atoms with Crippen LogP contribution >= 0.6 is 0 Å². The summed E-state index contributed by atoms with van der Waals surface area (Å²) in [5.74, 6) is 1.04. The first-order valence-corrected chi connectivity index (χ1v) is 12.0. The molecule has 0 radical (unpaired) electrons. The summed E-state index contributed by atoms with van der Waals surface area (Å²) >= 11 is 0. The third-order valence-electron chi connectivity index (χ3n) is 6.44. The third kappa shape index (κ3) is 6.20. The van der Waals surface area contributed by atoms with Crippen molar-refractivity contribution in [1.82, 2.24) is 25.2 Å². The molecule has 8 heteroatoms. The van der Waals surface area contributed by atoms with E-state index < -0.39 is 0 Å². The maximum absolute atomic E-state index is 13.3. The quantitative estimate of drug-likeness (QED) is 0.565. The van der Waals surface area contributed by atoms with Crippen molar-refractivity contribution in [2.75, 3.05) is 27.2 Å². The summed E-state index contributed by atoms with van der Waals surface area (Å²) in [4.78, 5) is 40.0. The van der Waals surface area contributed by atoms with Crippen LogP contribution in [-0.2, 0) is 12.8 Å².